The van der Waals surface area contributed by atoms with E-state index >= 15 is 0 Å². The normalized spacial score (nSPS) is 13.6. The average Bonchev–Trinajstić information content (AvgIpc) is 2.75. The highest BCUT2D eigenvalue weighted by Gasteiger charge is 2.16. The van der Waals surface area contributed by atoms with Crippen molar-refractivity contribution in [1.82, 2.24) is 0 Å². The lowest BCUT2D eigenvalue weighted by Gasteiger charge is -2.31. The van der Waals surface area contributed by atoms with Crippen molar-refractivity contribution in [2.45, 2.75) is 26.7 Å². The highest BCUT2D eigenvalue weighted by molar-refractivity contribution is 5.91. The zero-order valence-electron chi connectivity index (χ0n) is 17.2. The Balaban J connectivity index is 1.56. The molecule has 0 spiro atoms. The maximum absolute atomic E-state index is 11.9. The van der Waals surface area contributed by atoms with E-state index in [9.17, 15) is 4.79 Å². The lowest BCUT2D eigenvalue weighted by molar-refractivity contribution is -0.142. The Hall–Kier alpha value is -2.95. The van der Waals surface area contributed by atoms with Crippen LogP contribution in [-0.2, 0) is 20.7 Å². The number of rotatable bonds is 9. The van der Waals surface area contributed by atoms with Crippen molar-refractivity contribution < 1.29 is 19.0 Å². The zero-order chi connectivity index (χ0) is 20.5. The molecule has 1 heterocycles. The standard InChI is InChI=1S/C24H29NO4/c1-3-27-23(24(26)28-4-2)18-19-11-13-21(14-12-19)29-17-16-25-15-7-9-20-8-5-6-10-22(20)25/h5-6,8,10-14,18H,3-4,7,9,15-17H2,1-2H3/b23-18-. The number of fused-ring (bicyclic) bond motifs is 1. The second-order valence-electron chi connectivity index (χ2n) is 6.80. The van der Waals surface area contributed by atoms with Crippen LogP contribution in [0.15, 0.2) is 54.3 Å². The van der Waals surface area contributed by atoms with E-state index in [0.717, 1.165) is 30.8 Å². The fourth-order valence-electron chi connectivity index (χ4n) is 3.45. The number of esters is 1. The molecular weight excluding hydrogens is 366 g/mol. The Labute approximate surface area is 172 Å². The Morgan fingerprint density at radius 3 is 2.55 bits per heavy atom. The van der Waals surface area contributed by atoms with Crippen molar-refractivity contribution in [3.63, 3.8) is 0 Å². The molecule has 1 aliphatic rings. The Kier molecular flexibility index (Phi) is 7.56. The number of nitrogens with zero attached hydrogens (tertiary/aromatic N) is 1. The number of anilines is 1. The molecule has 0 aromatic heterocycles. The highest BCUT2D eigenvalue weighted by atomic mass is 16.6. The topological polar surface area (TPSA) is 48.0 Å². The highest BCUT2D eigenvalue weighted by Crippen LogP contribution is 2.26. The summed E-state index contributed by atoms with van der Waals surface area (Å²) in [5.74, 6) is 0.574. The van der Waals surface area contributed by atoms with Crippen LogP contribution in [-0.4, -0.2) is 38.9 Å². The number of carbonyl (C=O) groups is 1. The molecule has 5 nitrogen and oxygen atoms in total. The third kappa shape index (κ3) is 5.76. The summed E-state index contributed by atoms with van der Waals surface area (Å²) in [6.07, 6.45) is 4.02. The van der Waals surface area contributed by atoms with Gasteiger partial charge in [0.05, 0.1) is 19.8 Å². The summed E-state index contributed by atoms with van der Waals surface area (Å²) in [4.78, 5) is 14.3. The smallest absolute Gasteiger partial charge is 0.373 e. The SMILES string of the molecule is CCOC(=O)/C(=C/c1ccc(OCCN2CCCc3ccccc32)cc1)OCC. The van der Waals surface area contributed by atoms with Crippen LogP contribution in [0.3, 0.4) is 0 Å². The molecule has 2 aromatic carbocycles. The summed E-state index contributed by atoms with van der Waals surface area (Å²) in [6.45, 7) is 6.88. The van der Waals surface area contributed by atoms with Crippen LogP contribution in [0.5, 0.6) is 5.75 Å². The summed E-state index contributed by atoms with van der Waals surface area (Å²) in [5, 5.41) is 0. The van der Waals surface area contributed by atoms with Crippen molar-refractivity contribution in [2.24, 2.45) is 0 Å². The van der Waals surface area contributed by atoms with Crippen molar-refractivity contribution in [2.75, 3.05) is 37.8 Å². The van der Waals surface area contributed by atoms with Crippen molar-refractivity contribution in [3.8, 4) is 5.75 Å². The second-order valence-corrected chi connectivity index (χ2v) is 6.80. The van der Waals surface area contributed by atoms with Gasteiger partial charge in [-0.25, -0.2) is 4.79 Å². The first-order chi connectivity index (χ1) is 14.2. The van der Waals surface area contributed by atoms with Crippen molar-refractivity contribution in [3.05, 3.63) is 65.4 Å². The monoisotopic (exact) mass is 395 g/mol. The van der Waals surface area contributed by atoms with E-state index in [4.69, 9.17) is 14.2 Å². The minimum atomic E-state index is -0.448. The van der Waals surface area contributed by atoms with Crippen molar-refractivity contribution in [1.29, 1.82) is 0 Å². The van der Waals surface area contributed by atoms with E-state index in [0.29, 0.717) is 19.8 Å². The van der Waals surface area contributed by atoms with Gasteiger partial charge in [0.2, 0.25) is 5.76 Å². The molecule has 0 amide bonds. The van der Waals surface area contributed by atoms with E-state index in [1.54, 1.807) is 13.0 Å². The van der Waals surface area contributed by atoms with Gasteiger partial charge in [0.25, 0.3) is 0 Å². The fourth-order valence-corrected chi connectivity index (χ4v) is 3.45. The summed E-state index contributed by atoms with van der Waals surface area (Å²) < 4.78 is 16.4. The predicted octanol–water partition coefficient (Wildman–Crippen LogP) is 4.46. The van der Waals surface area contributed by atoms with Gasteiger partial charge in [-0.1, -0.05) is 30.3 Å². The van der Waals surface area contributed by atoms with Crippen LogP contribution in [0.4, 0.5) is 5.69 Å². The molecule has 2 aromatic rings. The average molecular weight is 395 g/mol. The van der Waals surface area contributed by atoms with Crippen LogP contribution < -0.4 is 9.64 Å². The fraction of sp³-hybridized carbons (Fsp3) is 0.375. The van der Waals surface area contributed by atoms with Gasteiger partial charge in [0.15, 0.2) is 0 Å². The van der Waals surface area contributed by atoms with Gasteiger partial charge in [-0.2, -0.15) is 0 Å². The zero-order valence-corrected chi connectivity index (χ0v) is 17.2. The number of para-hydroxylation sites is 1. The molecule has 154 valence electrons. The molecule has 0 saturated heterocycles. The van der Waals surface area contributed by atoms with Crippen LogP contribution in [0.1, 0.15) is 31.4 Å². The Morgan fingerprint density at radius 2 is 1.79 bits per heavy atom. The van der Waals surface area contributed by atoms with E-state index in [1.807, 2.05) is 31.2 Å². The van der Waals surface area contributed by atoms with Gasteiger partial charge in [0, 0.05) is 12.2 Å². The Morgan fingerprint density at radius 1 is 1.03 bits per heavy atom. The third-order valence-electron chi connectivity index (χ3n) is 4.79. The maximum atomic E-state index is 11.9. The first-order valence-electron chi connectivity index (χ1n) is 10.3. The summed E-state index contributed by atoms with van der Waals surface area (Å²) in [5.41, 5.74) is 3.60. The first-order valence-corrected chi connectivity index (χ1v) is 10.3. The van der Waals surface area contributed by atoms with Crippen molar-refractivity contribution >= 4 is 17.7 Å². The van der Waals surface area contributed by atoms with Gasteiger partial charge < -0.3 is 19.1 Å². The molecular formula is C24H29NO4. The number of carbonyl (C=O) groups excluding carboxylic acids is 1. The van der Waals surface area contributed by atoms with Crippen LogP contribution in [0.25, 0.3) is 6.08 Å². The number of ether oxygens (including phenoxy) is 3. The van der Waals surface area contributed by atoms with Gasteiger partial charge >= 0.3 is 5.97 Å². The number of hydrogen-bond acceptors (Lipinski definition) is 5. The minimum Gasteiger partial charge on any atom is -0.492 e. The van der Waals surface area contributed by atoms with Gasteiger partial charge in [-0.15, -0.1) is 0 Å². The molecule has 0 fully saturated rings. The largest absolute Gasteiger partial charge is 0.492 e. The summed E-state index contributed by atoms with van der Waals surface area (Å²) in [6, 6.07) is 16.2. The molecule has 1 aliphatic heterocycles. The van der Waals surface area contributed by atoms with E-state index in [1.165, 1.54) is 17.7 Å². The number of aryl methyl sites for hydroxylation is 1. The molecule has 0 unspecified atom stereocenters. The lowest BCUT2D eigenvalue weighted by Crippen LogP contribution is -2.33. The van der Waals surface area contributed by atoms with E-state index in [-0.39, 0.29) is 5.76 Å². The molecule has 0 atom stereocenters. The molecule has 29 heavy (non-hydrogen) atoms. The van der Waals surface area contributed by atoms with Gasteiger partial charge in [-0.05, 0) is 62.1 Å². The number of hydrogen-bond donors (Lipinski definition) is 0. The second kappa shape index (κ2) is 10.6. The third-order valence-corrected chi connectivity index (χ3v) is 4.79. The molecule has 0 N–H and O–H groups in total. The van der Waals surface area contributed by atoms with Crippen LogP contribution in [0, 0.1) is 0 Å². The molecule has 5 heteroatoms. The van der Waals surface area contributed by atoms with Crippen LogP contribution in [0.2, 0.25) is 0 Å². The molecule has 0 saturated carbocycles. The molecule has 0 aliphatic carbocycles. The number of benzene rings is 2. The van der Waals surface area contributed by atoms with E-state index < -0.39 is 5.97 Å². The first kappa shape index (κ1) is 20.8. The molecule has 3 rings (SSSR count). The molecule has 0 radical (unpaired) electrons. The molecule has 0 bridgehead atoms. The summed E-state index contributed by atoms with van der Waals surface area (Å²) in [7, 11) is 0. The quantitative estimate of drug-likeness (QED) is 0.356. The summed E-state index contributed by atoms with van der Waals surface area (Å²) >= 11 is 0. The van der Waals surface area contributed by atoms with E-state index in [2.05, 4.69) is 29.2 Å². The van der Waals surface area contributed by atoms with Gasteiger partial charge in [0.1, 0.15) is 12.4 Å². The van der Waals surface area contributed by atoms with Gasteiger partial charge in [-0.3, -0.25) is 0 Å². The predicted molar refractivity (Wildman–Crippen MR) is 115 cm³/mol. The Bertz CT molecular complexity index is 829. The van der Waals surface area contributed by atoms with Crippen LogP contribution >= 0.6 is 0 Å². The maximum Gasteiger partial charge on any atom is 0.373 e. The minimum absolute atomic E-state index is 0.215. The lowest BCUT2D eigenvalue weighted by atomic mass is 10.0.